The van der Waals surface area contributed by atoms with E-state index in [1.54, 1.807) is 31.4 Å². The number of methoxy groups -OCH3 is 1. The lowest BCUT2D eigenvalue weighted by molar-refractivity contribution is -0.125. The normalized spacial score (nSPS) is 13.5. The number of anilines is 2. The first kappa shape index (κ1) is 20.5. The highest BCUT2D eigenvalue weighted by atomic mass is 16.5. The third-order valence-corrected chi connectivity index (χ3v) is 4.40. The molecule has 1 heterocycles. The van der Waals surface area contributed by atoms with Crippen LogP contribution in [0.1, 0.15) is 0 Å². The second-order valence-corrected chi connectivity index (χ2v) is 6.44. The van der Waals surface area contributed by atoms with Crippen molar-refractivity contribution in [2.45, 2.75) is 0 Å². The van der Waals surface area contributed by atoms with Crippen LogP contribution >= 0.6 is 0 Å². The Hall–Kier alpha value is -3.26. The van der Waals surface area contributed by atoms with E-state index in [-0.39, 0.29) is 25.0 Å². The average Bonchev–Trinajstić information content (AvgIpc) is 2.78. The van der Waals surface area contributed by atoms with Crippen molar-refractivity contribution >= 4 is 23.2 Å². The number of morpholine rings is 1. The zero-order chi connectivity index (χ0) is 20.5. The van der Waals surface area contributed by atoms with Crippen LogP contribution in [0, 0.1) is 0 Å². The molecular weight excluding hydrogens is 374 g/mol. The summed E-state index contributed by atoms with van der Waals surface area (Å²) in [5.74, 6) is 0.572. The minimum atomic E-state index is -0.376. The molecule has 154 valence electrons. The zero-order valence-corrected chi connectivity index (χ0v) is 16.3. The number of amides is 2. The SMILES string of the molecule is COc1ccc(OCC(=O)NCC(=O)Nc2ccc(N3CCOCC3)cc2)cc1. The smallest absolute Gasteiger partial charge is 0.258 e. The molecule has 2 N–H and O–H groups in total. The van der Waals surface area contributed by atoms with Gasteiger partial charge in [-0.15, -0.1) is 0 Å². The first-order valence-corrected chi connectivity index (χ1v) is 9.40. The van der Waals surface area contributed by atoms with Crippen LogP contribution in [0.4, 0.5) is 11.4 Å². The molecule has 1 aliphatic heterocycles. The van der Waals surface area contributed by atoms with Gasteiger partial charge < -0.3 is 29.7 Å². The molecule has 0 aliphatic carbocycles. The van der Waals surface area contributed by atoms with Gasteiger partial charge in [-0.3, -0.25) is 9.59 Å². The monoisotopic (exact) mass is 399 g/mol. The number of ether oxygens (including phenoxy) is 3. The maximum Gasteiger partial charge on any atom is 0.258 e. The number of carbonyl (C=O) groups is 2. The van der Waals surface area contributed by atoms with Crippen molar-refractivity contribution in [1.29, 1.82) is 0 Å². The van der Waals surface area contributed by atoms with Gasteiger partial charge in [0, 0.05) is 24.5 Å². The molecule has 0 saturated carbocycles. The molecule has 1 aliphatic rings. The summed E-state index contributed by atoms with van der Waals surface area (Å²) in [6.45, 7) is 2.86. The van der Waals surface area contributed by atoms with Crippen LogP contribution < -0.4 is 25.0 Å². The Morgan fingerprint density at radius 2 is 1.62 bits per heavy atom. The van der Waals surface area contributed by atoms with E-state index in [2.05, 4.69) is 15.5 Å². The van der Waals surface area contributed by atoms with Gasteiger partial charge in [0.2, 0.25) is 5.91 Å². The van der Waals surface area contributed by atoms with Crippen molar-refractivity contribution in [3.63, 3.8) is 0 Å². The number of hydrogen-bond acceptors (Lipinski definition) is 6. The second-order valence-electron chi connectivity index (χ2n) is 6.44. The van der Waals surface area contributed by atoms with Crippen LogP contribution in [0.2, 0.25) is 0 Å². The molecule has 3 rings (SSSR count). The van der Waals surface area contributed by atoms with E-state index in [9.17, 15) is 9.59 Å². The molecule has 0 unspecified atom stereocenters. The number of nitrogens with one attached hydrogen (secondary N) is 2. The van der Waals surface area contributed by atoms with Gasteiger partial charge in [0.25, 0.3) is 5.91 Å². The molecule has 2 aromatic rings. The minimum Gasteiger partial charge on any atom is -0.497 e. The highest BCUT2D eigenvalue weighted by molar-refractivity contribution is 5.94. The van der Waals surface area contributed by atoms with Crippen LogP contribution in [-0.4, -0.2) is 58.4 Å². The Morgan fingerprint density at radius 3 is 2.28 bits per heavy atom. The summed E-state index contributed by atoms with van der Waals surface area (Å²) < 4.78 is 15.8. The fourth-order valence-electron chi connectivity index (χ4n) is 2.83. The summed E-state index contributed by atoms with van der Waals surface area (Å²) in [4.78, 5) is 26.1. The molecule has 0 bridgehead atoms. The van der Waals surface area contributed by atoms with Crippen molar-refractivity contribution < 1.29 is 23.8 Å². The van der Waals surface area contributed by atoms with E-state index < -0.39 is 0 Å². The van der Waals surface area contributed by atoms with Gasteiger partial charge in [-0.1, -0.05) is 0 Å². The molecular formula is C21H25N3O5. The van der Waals surface area contributed by atoms with E-state index in [0.29, 0.717) is 17.2 Å². The predicted octanol–water partition coefficient (Wildman–Crippen LogP) is 1.67. The highest BCUT2D eigenvalue weighted by Gasteiger charge is 2.11. The third kappa shape index (κ3) is 6.39. The number of carbonyl (C=O) groups excluding carboxylic acids is 2. The molecule has 0 aromatic heterocycles. The van der Waals surface area contributed by atoms with Gasteiger partial charge >= 0.3 is 0 Å². The summed E-state index contributed by atoms with van der Waals surface area (Å²) in [5, 5.41) is 5.30. The van der Waals surface area contributed by atoms with Crippen molar-refractivity contribution in [2.75, 3.05) is 56.8 Å². The van der Waals surface area contributed by atoms with Crippen molar-refractivity contribution in [3.05, 3.63) is 48.5 Å². The van der Waals surface area contributed by atoms with Gasteiger partial charge in [0.1, 0.15) is 11.5 Å². The van der Waals surface area contributed by atoms with E-state index in [4.69, 9.17) is 14.2 Å². The molecule has 1 saturated heterocycles. The lowest BCUT2D eigenvalue weighted by Crippen LogP contribution is -2.36. The Balaban J connectivity index is 1.38. The van der Waals surface area contributed by atoms with Crippen LogP contribution in [-0.2, 0) is 14.3 Å². The van der Waals surface area contributed by atoms with Crippen LogP contribution in [0.15, 0.2) is 48.5 Å². The summed E-state index contributed by atoms with van der Waals surface area (Å²) in [6.07, 6.45) is 0. The Morgan fingerprint density at radius 1 is 0.966 bits per heavy atom. The molecule has 8 heteroatoms. The van der Waals surface area contributed by atoms with E-state index in [1.165, 1.54) is 0 Å². The molecule has 0 radical (unpaired) electrons. The van der Waals surface area contributed by atoms with Gasteiger partial charge in [-0.25, -0.2) is 0 Å². The molecule has 0 spiro atoms. The summed E-state index contributed by atoms with van der Waals surface area (Å²) in [6, 6.07) is 14.5. The first-order chi connectivity index (χ1) is 14.1. The van der Waals surface area contributed by atoms with Gasteiger partial charge in [0.05, 0.1) is 26.9 Å². The van der Waals surface area contributed by atoms with Crippen LogP contribution in [0.5, 0.6) is 11.5 Å². The fraction of sp³-hybridized carbons (Fsp3) is 0.333. The number of benzene rings is 2. The standard InChI is InChI=1S/C21H25N3O5/c1-27-18-6-8-19(9-7-18)29-15-21(26)22-14-20(25)23-16-2-4-17(5-3-16)24-10-12-28-13-11-24/h2-9H,10-15H2,1H3,(H,22,26)(H,23,25). The molecule has 1 fully saturated rings. The minimum absolute atomic E-state index is 0.129. The Labute approximate surface area is 169 Å². The highest BCUT2D eigenvalue weighted by Crippen LogP contribution is 2.19. The van der Waals surface area contributed by atoms with Crippen molar-refractivity contribution in [3.8, 4) is 11.5 Å². The Kier molecular flexibility index (Phi) is 7.29. The maximum atomic E-state index is 12.0. The summed E-state index contributed by atoms with van der Waals surface area (Å²) in [5.41, 5.74) is 1.77. The van der Waals surface area contributed by atoms with E-state index in [0.717, 1.165) is 32.0 Å². The lowest BCUT2D eigenvalue weighted by Gasteiger charge is -2.28. The van der Waals surface area contributed by atoms with Crippen molar-refractivity contribution in [2.24, 2.45) is 0 Å². The lowest BCUT2D eigenvalue weighted by atomic mass is 10.2. The molecule has 29 heavy (non-hydrogen) atoms. The fourth-order valence-corrected chi connectivity index (χ4v) is 2.83. The van der Waals surface area contributed by atoms with Crippen molar-refractivity contribution in [1.82, 2.24) is 5.32 Å². The molecule has 0 atom stereocenters. The molecule has 8 nitrogen and oxygen atoms in total. The topological polar surface area (TPSA) is 89.1 Å². The van der Waals surface area contributed by atoms with Crippen LogP contribution in [0.25, 0.3) is 0 Å². The van der Waals surface area contributed by atoms with E-state index in [1.807, 2.05) is 24.3 Å². The summed E-state index contributed by atoms with van der Waals surface area (Å²) >= 11 is 0. The summed E-state index contributed by atoms with van der Waals surface area (Å²) in [7, 11) is 1.58. The Bertz CT molecular complexity index is 802. The molecule has 2 aromatic carbocycles. The number of nitrogens with zero attached hydrogens (tertiary/aromatic N) is 1. The third-order valence-electron chi connectivity index (χ3n) is 4.40. The largest absolute Gasteiger partial charge is 0.497 e. The molecule has 2 amide bonds. The van der Waals surface area contributed by atoms with Gasteiger partial charge in [0.15, 0.2) is 6.61 Å². The van der Waals surface area contributed by atoms with Crippen LogP contribution in [0.3, 0.4) is 0 Å². The van der Waals surface area contributed by atoms with Gasteiger partial charge in [-0.2, -0.15) is 0 Å². The zero-order valence-electron chi connectivity index (χ0n) is 16.3. The average molecular weight is 399 g/mol. The first-order valence-electron chi connectivity index (χ1n) is 9.40. The van der Waals surface area contributed by atoms with Gasteiger partial charge in [-0.05, 0) is 48.5 Å². The second kappa shape index (κ2) is 10.3. The quantitative estimate of drug-likeness (QED) is 0.702. The number of hydrogen-bond donors (Lipinski definition) is 2. The maximum absolute atomic E-state index is 12.0. The van der Waals surface area contributed by atoms with E-state index >= 15 is 0 Å². The predicted molar refractivity (Wildman–Crippen MR) is 110 cm³/mol. The number of rotatable bonds is 8.